The average Bonchev–Trinajstić information content (AvgIpc) is 2.58. The standard InChI is InChI=1S/C20H24N2O5S/c1-13-8-14(2)10-16(9-13)21-19(23)12-27-20(24)18-11-17(7-6-15(18)3)28(25,26)22(4)5/h6-11H,12H2,1-5H3,(H,21,23). The van der Waals surface area contributed by atoms with E-state index in [-0.39, 0.29) is 10.5 Å². The number of hydrogen-bond donors (Lipinski definition) is 1. The van der Waals surface area contributed by atoms with Gasteiger partial charge in [-0.2, -0.15) is 0 Å². The van der Waals surface area contributed by atoms with Crippen LogP contribution in [0.25, 0.3) is 0 Å². The van der Waals surface area contributed by atoms with Crippen molar-refractivity contribution in [3.8, 4) is 0 Å². The summed E-state index contributed by atoms with van der Waals surface area (Å²) in [6.45, 7) is 5.02. The fourth-order valence-corrected chi connectivity index (χ4v) is 3.57. The molecule has 28 heavy (non-hydrogen) atoms. The molecule has 7 nitrogen and oxygen atoms in total. The van der Waals surface area contributed by atoms with Crippen molar-refractivity contribution in [1.82, 2.24) is 4.31 Å². The van der Waals surface area contributed by atoms with Crippen LogP contribution in [0.3, 0.4) is 0 Å². The van der Waals surface area contributed by atoms with Crippen LogP contribution in [0.2, 0.25) is 0 Å². The SMILES string of the molecule is Cc1cc(C)cc(NC(=O)COC(=O)c2cc(S(=O)(=O)N(C)C)ccc2C)c1. The first-order valence-corrected chi connectivity index (χ1v) is 10.0. The van der Waals surface area contributed by atoms with Crippen LogP contribution in [0.15, 0.2) is 41.3 Å². The summed E-state index contributed by atoms with van der Waals surface area (Å²) in [6.07, 6.45) is 0. The summed E-state index contributed by atoms with van der Waals surface area (Å²) >= 11 is 0. The number of benzene rings is 2. The fourth-order valence-electron chi connectivity index (χ4n) is 2.65. The molecule has 0 spiro atoms. The summed E-state index contributed by atoms with van der Waals surface area (Å²) in [7, 11) is -0.869. The fraction of sp³-hybridized carbons (Fsp3) is 0.300. The number of ether oxygens (including phenoxy) is 1. The maximum Gasteiger partial charge on any atom is 0.338 e. The largest absolute Gasteiger partial charge is 0.452 e. The number of rotatable bonds is 6. The Balaban J connectivity index is 2.09. The van der Waals surface area contributed by atoms with E-state index >= 15 is 0 Å². The molecule has 1 amide bonds. The Labute approximate surface area is 165 Å². The Kier molecular flexibility index (Phi) is 6.58. The number of nitrogens with zero attached hydrogens (tertiary/aromatic N) is 1. The summed E-state index contributed by atoms with van der Waals surface area (Å²) in [4.78, 5) is 24.4. The van der Waals surface area contributed by atoms with E-state index in [0.29, 0.717) is 11.3 Å². The van der Waals surface area contributed by atoms with E-state index in [2.05, 4.69) is 5.32 Å². The van der Waals surface area contributed by atoms with E-state index in [9.17, 15) is 18.0 Å². The van der Waals surface area contributed by atoms with Gasteiger partial charge in [-0.25, -0.2) is 17.5 Å². The Morgan fingerprint density at radius 3 is 2.18 bits per heavy atom. The number of hydrogen-bond acceptors (Lipinski definition) is 5. The molecule has 0 atom stereocenters. The molecule has 0 aromatic heterocycles. The number of carbonyl (C=O) groups excluding carboxylic acids is 2. The van der Waals surface area contributed by atoms with Crippen LogP contribution in [-0.2, 0) is 19.6 Å². The first kappa shape index (κ1) is 21.6. The number of aryl methyl sites for hydroxylation is 3. The Morgan fingerprint density at radius 2 is 1.61 bits per heavy atom. The molecule has 150 valence electrons. The molecule has 2 aromatic carbocycles. The van der Waals surface area contributed by atoms with E-state index in [1.165, 1.54) is 32.3 Å². The molecule has 1 N–H and O–H groups in total. The van der Waals surface area contributed by atoms with Crippen molar-refractivity contribution in [3.63, 3.8) is 0 Å². The van der Waals surface area contributed by atoms with Crippen LogP contribution in [0.1, 0.15) is 27.0 Å². The molecule has 0 heterocycles. The van der Waals surface area contributed by atoms with Crippen LogP contribution in [0.4, 0.5) is 5.69 Å². The zero-order valence-corrected chi connectivity index (χ0v) is 17.4. The molecule has 0 aliphatic heterocycles. The summed E-state index contributed by atoms with van der Waals surface area (Å²) in [5, 5.41) is 2.68. The van der Waals surface area contributed by atoms with Crippen LogP contribution >= 0.6 is 0 Å². The maximum absolute atomic E-state index is 12.4. The minimum Gasteiger partial charge on any atom is -0.452 e. The molecule has 0 aliphatic carbocycles. The van der Waals surface area contributed by atoms with Gasteiger partial charge in [-0.15, -0.1) is 0 Å². The summed E-state index contributed by atoms with van der Waals surface area (Å²) < 4.78 is 30.6. The van der Waals surface area contributed by atoms with Gasteiger partial charge < -0.3 is 10.1 Å². The molecule has 0 unspecified atom stereocenters. The van der Waals surface area contributed by atoms with Gasteiger partial charge in [0.05, 0.1) is 10.5 Å². The van der Waals surface area contributed by atoms with Gasteiger partial charge in [0.2, 0.25) is 10.0 Å². The van der Waals surface area contributed by atoms with E-state index in [4.69, 9.17) is 4.74 Å². The Morgan fingerprint density at radius 1 is 1.00 bits per heavy atom. The summed E-state index contributed by atoms with van der Waals surface area (Å²) in [6, 6.07) is 9.82. The summed E-state index contributed by atoms with van der Waals surface area (Å²) in [5.74, 6) is -1.24. The monoisotopic (exact) mass is 404 g/mol. The van der Waals surface area contributed by atoms with E-state index in [1.807, 2.05) is 32.0 Å². The molecule has 2 rings (SSSR count). The Bertz CT molecular complexity index is 993. The lowest BCUT2D eigenvalue weighted by Crippen LogP contribution is -2.23. The van der Waals surface area contributed by atoms with Gasteiger partial charge in [-0.1, -0.05) is 12.1 Å². The number of nitrogens with one attached hydrogen (secondary N) is 1. The first-order chi connectivity index (χ1) is 13.0. The Hall–Kier alpha value is -2.71. The third-order valence-electron chi connectivity index (χ3n) is 4.05. The van der Waals surface area contributed by atoms with Gasteiger partial charge in [0.1, 0.15) is 0 Å². The second-order valence-electron chi connectivity index (χ2n) is 6.76. The molecule has 0 saturated carbocycles. The lowest BCUT2D eigenvalue weighted by Gasteiger charge is -2.13. The van der Waals surface area contributed by atoms with Crippen molar-refractivity contribution in [2.75, 3.05) is 26.0 Å². The third-order valence-corrected chi connectivity index (χ3v) is 5.86. The van der Waals surface area contributed by atoms with Crippen LogP contribution < -0.4 is 5.32 Å². The molecule has 0 fully saturated rings. The van der Waals surface area contributed by atoms with Crippen LogP contribution in [-0.4, -0.2) is 45.3 Å². The molecule has 8 heteroatoms. The second kappa shape index (κ2) is 8.53. The molecule has 0 radical (unpaired) electrons. The van der Waals surface area contributed by atoms with Gasteiger partial charge in [-0.05, 0) is 61.7 Å². The predicted molar refractivity (Wildman–Crippen MR) is 107 cm³/mol. The zero-order valence-electron chi connectivity index (χ0n) is 16.6. The quantitative estimate of drug-likeness (QED) is 0.747. The highest BCUT2D eigenvalue weighted by molar-refractivity contribution is 7.89. The van der Waals surface area contributed by atoms with Crippen LogP contribution in [0.5, 0.6) is 0 Å². The number of amides is 1. The number of esters is 1. The van der Waals surface area contributed by atoms with Crippen molar-refractivity contribution in [3.05, 3.63) is 58.7 Å². The maximum atomic E-state index is 12.4. The van der Waals surface area contributed by atoms with Gasteiger partial charge in [-0.3, -0.25) is 4.79 Å². The number of anilines is 1. The molecule has 0 saturated heterocycles. The van der Waals surface area contributed by atoms with E-state index < -0.39 is 28.5 Å². The summed E-state index contributed by atoms with van der Waals surface area (Å²) in [5.41, 5.74) is 3.28. The van der Waals surface area contributed by atoms with E-state index in [0.717, 1.165) is 15.4 Å². The van der Waals surface area contributed by atoms with Crippen molar-refractivity contribution < 1.29 is 22.7 Å². The highest BCUT2D eigenvalue weighted by Gasteiger charge is 2.21. The van der Waals surface area contributed by atoms with Crippen molar-refractivity contribution >= 4 is 27.6 Å². The third kappa shape index (κ3) is 5.17. The van der Waals surface area contributed by atoms with Gasteiger partial charge in [0.25, 0.3) is 5.91 Å². The minimum atomic E-state index is -3.68. The predicted octanol–water partition coefficient (Wildman–Crippen LogP) is 2.66. The van der Waals surface area contributed by atoms with Crippen molar-refractivity contribution in [2.24, 2.45) is 0 Å². The topological polar surface area (TPSA) is 92.8 Å². The first-order valence-electron chi connectivity index (χ1n) is 8.59. The lowest BCUT2D eigenvalue weighted by molar-refractivity contribution is -0.119. The molecule has 2 aromatic rings. The molecular formula is C20H24N2O5S. The van der Waals surface area contributed by atoms with Gasteiger partial charge >= 0.3 is 5.97 Å². The smallest absolute Gasteiger partial charge is 0.338 e. The number of carbonyl (C=O) groups is 2. The van der Waals surface area contributed by atoms with E-state index in [1.54, 1.807) is 6.92 Å². The average molecular weight is 404 g/mol. The van der Waals surface area contributed by atoms with Crippen molar-refractivity contribution in [1.29, 1.82) is 0 Å². The normalized spacial score (nSPS) is 11.4. The zero-order chi connectivity index (χ0) is 21.1. The molecule has 0 bridgehead atoms. The highest BCUT2D eigenvalue weighted by atomic mass is 32.2. The van der Waals surface area contributed by atoms with Gasteiger partial charge in [0.15, 0.2) is 6.61 Å². The lowest BCUT2D eigenvalue weighted by atomic mass is 10.1. The number of sulfonamides is 1. The highest BCUT2D eigenvalue weighted by Crippen LogP contribution is 2.19. The minimum absolute atomic E-state index is 0.0188. The molecular weight excluding hydrogens is 380 g/mol. The molecule has 0 aliphatic rings. The van der Waals surface area contributed by atoms with Gasteiger partial charge in [0, 0.05) is 19.8 Å². The van der Waals surface area contributed by atoms with Crippen molar-refractivity contribution in [2.45, 2.75) is 25.7 Å². The second-order valence-corrected chi connectivity index (χ2v) is 8.92. The van der Waals surface area contributed by atoms with Crippen LogP contribution in [0, 0.1) is 20.8 Å².